The van der Waals surface area contributed by atoms with Crippen LogP contribution in [-0.4, -0.2) is 17.1 Å². The summed E-state index contributed by atoms with van der Waals surface area (Å²) in [6, 6.07) is 0. The normalized spacial score (nSPS) is 25.7. The average Bonchev–Trinajstić information content (AvgIpc) is 2.47. The first-order chi connectivity index (χ1) is 9.06. The Balaban J connectivity index is 2.19. The molecule has 2 aliphatic rings. The Hall–Kier alpha value is -0.180. The summed E-state index contributed by atoms with van der Waals surface area (Å²) in [5, 5.41) is 11.2. The molecule has 0 aromatic heterocycles. The van der Waals surface area contributed by atoms with E-state index >= 15 is 0 Å². The van der Waals surface area contributed by atoms with Gasteiger partial charge in [-0.1, -0.05) is 45.4 Å². The fourth-order valence-electron chi connectivity index (χ4n) is 4.41. The summed E-state index contributed by atoms with van der Waals surface area (Å²) < 4.78 is 26.5. The molecule has 1 unspecified atom stereocenters. The standard InChI is InChI=1S/C16H28F2O/c1-12(15(17)18)16(19,13-8-4-2-5-9-13)14-10-6-3-7-11-14/h12-15,19H,2-11H2,1H3. The van der Waals surface area contributed by atoms with E-state index in [9.17, 15) is 13.9 Å². The molecule has 2 rings (SSSR count). The molecule has 1 nitrogen and oxygen atoms in total. The van der Waals surface area contributed by atoms with Crippen molar-refractivity contribution in [1.82, 2.24) is 0 Å². The van der Waals surface area contributed by atoms with Crippen LogP contribution in [0.2, 0.25) is 0 Å². The van der Waals surface area contributed by atoms with Crippen LogP contribution >= 0.6 is 0 Å². The number of aliphatic hydroxyl groups is 1. The van der Waals surface area contributed by atoms with Crippen molar-refractivity contribution in [1.29, 1.82) is 0 Å². The van der Waals surface area contributed by atoms with Crippen LogP contribution in [0, 0.1) is 17.8 Å². The topological polar surface area (TPSA) is 20.2 Å². The Morgan fingerprint density at radius 1 is 0.842 bits per heavy atom. The van der Waals surface area contributed by atoms with E-state index in [-0.39, 0.29) is 11.8 Å². The number of rotatable bonds is 4. The lowest BCUT2D eigenvalue weighted by atomic mass is 9.61. The molecule has 1 atom stereocenters. The molecule has 2 fully saturated rings. The summed E-state index contributed by atoms with van der Waals surface area (Å²) in [5.74, 6) is -0.708. The van der Waals surface area contributed by atoms with Crippen LogP contribution in [0.5, 0.6) is 0 Å². The first kappa shape index (κ1) is 15.2. The maximum absolute atomic E-state index is 13.3. The van der Waals surface area contributed by atoms with Gasteiger partial charge in [0.25, 0.3) is 0 Å². The molecule has 1 N–H and O–H groups in total. The van der Waals surface area contributed by atoms with Gasteiger partial charge in [0.05, 0.1) is 5.60 Å². The lowest BCUT2D eigenvalue weighted by Crippen LogP contribution is -2.53. The number of hydrogen-bond acceptors (Lipinski definition) is 1. The Morgan fingerprint density at radius 3 is 1.53 bits per heavy atom. The van der Waals surface area contributed by atoms with Crippen molar-refractivity contribution < 1.29 is 13.9 Å². The Bertz CT molecular complexity index is 250. The molecule has 19 heavy (non-hydrogen) atoms. The predicted octanol–water partition coefficient (Wildman–Crippen LogP) is 4.78. The zero-order valence-electron chi connectivity index (χ0n) is 12.1. The van der Waals surface area contributed by atoms with Crippen molar-refractivity contribution in [2.45, 2.75) is 83.2 Å². The molecule has 0 heterocycles. The number of halogens is 2. The summed E-state index contributed by atoms with van der Waals surface area (Å²) in [6.07, 6.45) is 8.09. The SMILES string of the molecule is CC(C(F)F)C(O)(C1CCCCC1)C1CCCCC1. The van der Waals surface area contributed by atoms with Crippen molar-refractivity contribution in [3.8, 4) is 0 Å². The molecule has 0 bridgehead atoms. The molecule has 2 saturated carbocycles. The van der Waals surface area contributed by atoms with E-state index in [0.717, 1.165) is 51.4 Å². The summed E-state index contributed by atoms with van der Waals surface area (Å²) >= 11 is 0. The molecule has 0 aromatic carbocycles. The minimum absolute atomic E-state index is 0.0911. The molecular formula is C16H28F2O. The van der Waals surface area contributed by atoms with Crippen LogP contribution in [-0.2, 0) is 0 Å². The Kier molecular flexibility index (Phi) is 5.22. The first-order valence-electron chi connectivity index (χ1n) is 8.07. The molecular weight excluding hydrogens is 246 g/mol. The van der Waals surface area contributed by atoms with Crippen LogP contribution in [0.3, 0.4) is 0 Å². The smallest absolute Gasteiger partial charge is 0.243 e. The molecule has 0 aliphatic heterocycles. The van der Waals surface area contributed by atoms with Gasteiger partial charge in [-0.3, -0.25) is 0 Å². The number of hydrogen-bond donors (Lipinski definition) is 1. The van der Waals surface area contributed by atoms with Crippen molar-refractivity contribution in [3.05, 3.63) is 0 Å². The summed E-state index contributed by atoms with van der Waals surface area (Å²) in [7, 11) is 0. The second-order valence-electron chi connectivity index (χ2n) is 6.68. The van der Waals surface area contributed by atoms with Crippen molar-refractivity contribution in [2.24, 2.45) is 17.8 Å². The van der Waals surface area contributed by atoms with E-state index in [0.29, 0.717) is 0 Å². The maximum Gasteiger partial charge on any atom is 0.243 e. The van der Waals surface area contributed by atoms with E-state index in [1.54, 1.807) is 6.92 Å². The highest BCUT2D eigenvalue weighted by atomic mass is 19.3. The largest absolute Gasteiger partial charge is 0.389 e. The van der Waals surface area contributed by atoms with E-state index in [1.165, 1.54) is 12.8 Å². The van der Waals surface area contributed by atoms with Gasteiger partial charge in [-0.15, -0.1) is 0 Å². The van der Waals surface area contributed by atoms with Crippen LogP contribution in [0.15, 0.2) is 0 Å². The number of alkyl halides is 2. The Morgan fingerprint density at radius 2 is 1.21 bits per heavy atom. The second-order valence-corrected chi connectivity index (χ2v) is 6.68. The highest BCUT2D eigenvalue weighted by Crippen LogP contribution is 2.48. The molecule has 2 aliphatic carbocycles. The van der Waals surface area contributed by atoms with Gasteiger partial charge in [-0.25, -0.2) is 8.78 Å². The molecule has 0 amide bonds. The highest BCUT2D eigenvalue weighted by Gasteiger charge is 2.50. The molecule has 112 valence electrons. The average molecular weight is 274 g/mol. The van der Waals surface area contributed by atoms with Gasteiger partial charge in [-0.05, 0) is 37.5 Å². The fourth-order valence-corrected chi connectivity index (χ4v) is 4.41. The maximum atomic E-state index is 13.3. The predicted molar refractivity (Wildman–Crippen MR) is 73.3 cm³/mol. The third-order valence-electron chi connectivity index (χ3n) is 5.63. The van der Waals surface area contributed by atoms with Gasteiger partial charge >= 0.3 is 0 Å². The lowest BCUT2D eigenvalue weighted by molar-refractivity contribution is -0.163. The van der Waals surface area contributed by atoms with Gasteiger partial charge in [0.1, 0.15) is 0 Å². The monoisotopic (exact) mass is 274 g/mol. The summed E-state index contributed by atoms with van der Waals surface area (Å²) in [4.78, 5) is 0. The molecule has 3 heteroatoms. The third-order valence-corrected chi connectivity index (χ3v) is 5.63. The van der Waals surface area contributed by atoms with Gasteiger partial charge in [0.15, 0.2) is 0 Å². The van der Waals surface area contributed by atoms with Crippen molar-refractivity contribution in [2.75, 3.05) is 0 Å². The fraction of sp³-hybridized carbons (Fsp3) is 1.00. The Labute approximate surface area is 115 Å². The van der Waals surface area contributed by atoms with Gasteiger partial charge in [0, 0.05) is 5.92 Å². The van der Waals surface area contributed by atoms with Crippen LogP contribution in [0.25, 0.3) is 0 Å². The van der Waals surface area contributed by atoms with E-state index in [1.807, 2.05) is 0 Å². The minimum atomic E-state index is -2.41. The van der Waals surface area contributed by atoms with Gasteiger partial charge in [0.2, 0.25) is 6.43 Å². The lowest BCUT2D eigenvalue weighted by Gasteiger charge is -2.48. The minimum Gasteiger partial charge on any atom is -0.389 e. The molecule has 0 aromatic rings. The first-order valence-corrected chi connectivity index (χ1v) is 8.07. The van der Waals surface area contributed by atoms with Gasteiger partial charge < -0.3 is 5.11 Å². The summed E-state index contributed by atoms with van der Waals surface area (Å²) in [5.41, 5.74) is -1.13. The van der Waals surface area contributed by atoms with Crippen LogP contribution < -0.4 is 0 Å². The van der Waals surface area contributed by atoms with E-state index in [4.69, 9.17) is 0 Å². The van der Waals surface area contributed by atoms with Gasteiger partial charge in [-0.2, -0.15) is 0 Å². The van der Waals surface area contributed by atoms with E-state index in [2.05, 4.69) is 0 Å². The van der Waals surface area contributed by atoms with Crippen LogP contribution in [0.4, 0.5) is 8.78 Å². The van der Waals surface area contributed by atoms with Crippen molar-refractivity contribution in [3.63, 3.8) is 0 Å². The third kappa shape index (κ3) is 3.12. The van der Waals surface area contributed by atoms with Crippen LogP contribution in [0.1, 0.15) is 71.1 Å². The molecule has 0 spiro atoms. The molecule has 0 radical (unpaired) electrons. The zero-order valence-corrected chi connectivity index (χ0v) is 12.1. The highest BCUT2D eigenvalue weighted by molar-refractivity contribution is 4.98. The zero-order chi connectivity index (χ0) is 13.9. The quantitative estimate of drug-likeness (QED) is 0.782. The van der Waals surface area contributed by atoms with Crippen molar-refractivity contribution >= 4 is 0 Å². The summed E-state index contributed by atoms with van der Waals surface area (Å²) in [6.45, 7) is 1.56. The second kappa shape index (κ2) is 6.51. The van der Waals surface area contributed by atoms with E-state index < -0.39 is 17.9 Å². The molecule has 0 saturated heterocycles.